The third-order valence-corrected chi connectivity index (χ3v) is 6.39. The van der Waals surface area contributed by atoms with Gasteiger partial charge < -0.3 is 15.4 Å². The molecule has 186 valence electrons. The number of nitro benzene ring substituents is 1. The average molecular weight is 508 g/mol. The molecule has 1 aliphatic rings. The van der Waals surface area contributed by atoms with Gasteiger partial charge in [-0.05, 0) is 40.7 Å². The Hall–Kier alpha value is -3.91. The number of anilines is 1. The molecule has 0 unspecified atom stereocenters. The predicted molar refractivity (Wildman–Crippen MR) is 138 cm³/mol. The number of rotatable bonds is 8. The largest absolute Gasteiger partial charge is 0.449 e. The van der Waals surface area contributed by atoms with Crippen molar-refractivity contribution >= 4 is 35.0 Å². The average Bonchev–Trinajstić information content (AvgIpc) is 3.17. The first kappa shape index (κ1) is 25.2. The number of fused-ring (bicyclic) bond motifs is 3. The molecule has 0 saturated carbocycles. The first-order valence-corrected chi connectivity index (χ1v) is 12.0. The number of halogens is 1. The topological polar surface area (TPSA) is 111 Å². The van der Waals surface area contributed by atoms with E-state index in [1.54, 1.807) is 0 Å². The van der Waals surface area contributed by atoms with E-state index in [4.69, 9.17) is 16.3 Å². The van der Waals surface area contributed by atoms with Crippen molar-refractivity contribution in [2.24, 2.45) is 5.92 Å². The van der Waals surface area contributed by atoms with Gasteiger partial charge in [0.2, 0.25) is 5.91 Å². The van der Waals surface area contributed by atoms with Gasteiger partial charge in [0, 0.05) is 18.1 Å². The van der Waals surface area contributed by atoms with E-state index in [1.807, 2.05) is 50.2 Å². The number of ether oxygens (including phenoxy) is 1. The third kappa shape index (κ3) is 5.49. The van der Waals surface area contributed by atoms with Crippen LogP contribution in [0.25, 0.3) is 11.1 Å². The molecule has 3 aromatic carbocycles. The first-order valence-electron chi connectivity index (χ1n) is 11.6. The number of carbonyl (C=O) groups excluding carboxylic acids is 2. The molecule has 0 radical (unpaired) electrons. The highest BCUT2D eigenvalue weighted by atomic mass is 35.5. The molecule has 0 spiro atoms. The Morgan fingerprint density at radius 2 is 1.64 bits per heavy atom. The molecule has 2 N–H and O–H groups in total. The van der Waals surface area contributed by atoms with Gasteiger partial charge in [0.15, 0.2) is 0 Å². The lowest BCUT2D eigenvalue weighted by atomic mass is 9.98. The lowest BCUT2D eigenvalue weighted by Crippen LogP contribution is -2.45. The van der Waals surface area contributed by atoms with E-state index in [0.717, 1.165) is 28.3 Å². The Kier molecular flexibility index (Phi) is 7.55. The molecule has 1 atom stereocenters. The van der Waals surface area contributed by atoms with Crippen LogP contribution in [0, 0.1) is 16.0 Å². The van der Waals surface area contributed by atoms with Crippen molar-refractivity contribution in [1.29, 1.82) is 0 Å². The summed E-state index contributed by atoms with van der Waals surface area (Å²) in [5, 5.41) is 16.3. The minimum Gasteiger partial charge on any atom is -0.449 e. The number of amides is 2. The SMILES string of the molecule is CC(C)C[C@H](NC(=O)OCC1c2ccccc2-c2ccccc21)C(=O)Nc1ccc([N+](=O)[O-])cc1Cl. The van der Waals surface area contributed by atoms with Gasteiger partial charge in [-0.2, -0.15) is 0 Å². The van der Waals surface area contributed by atoms with E-state index in [0.29, 0.717) is 6.42 Å². The maximum absolute atomic E-state index is 13.0. The van der Waals surface area contributed by atoms with E-state index in [-0.39, 0.29) is 34.8 Å². The highest BCUT2D eigenvalue weighted by Gasteiger charge is 2.30. The number of non-ortho nitro benzene ring substituents is 1. The molecule has 0 heterocycles. The molecule has 0 aliphatic heterocycles. The summed E-state index contributed by atoms with van der Waals surface area (Å²) in [5.41, 5.74) is 4.47. The van der Waals surface area contributed by atoms with Crippen LogP contribution < -0.4 is 10.6 Å². The van der Waals surface area contributed by atoms with Gasteiger partial charge in [-0.1, -0.05) is 74.0 Å². The van der Waals surface area contributed by atoms with Crippen molar-refractivity contribution in [3.63, 3.8) is 0 Å². The van der Waals surface area contributed by atoms with Crippen LogP contribution in [0.1, 0.15) is 37.3 Å². The van der Waals surface area contributed by atoms with E-state index in [2.05, 4.69) is 22.8 Å². The number of alkyl carbamates (subject to hydrolysis) is 1. The molecule has 0 bridgehead atoms. The van der Waals surface area contributed by atoms with Crippen molar-refractivity contribution < 1.29 is 19.2 Å². The lowest BCUT2D eigenvalue weighted by Gasteiger charge is -2.21. The number of hydrogen-bond donors (Lipinski definition) is 2. The van der Waals surface area contributed by atoms with E-state index in [9.17, 15) is 19.7 Å². The third-order valence-electron chi connectivity index (χ3n) is 6.08. The molecule has 4 rings (SSSR count). The first-order chi connectivity index (χ1) is 17.2. The van der Waals surface area contributed by atoms with Crippen molar-refractivity contribution in [1.82, 2.24) is 5.32 Å². The second-order valence-corrected chi connectivity index (χ2v) is 9.47. The van der Waals surface area contributed by atoms with Crippen molar-refractivity contribution in [2.45, 2.75) is 32.2 Å². The molecule has 8 nitrogen and oxygen atoms in total. The zero-order chi connectivity index (χ0) is 25.8. The number of benzene rings is 3. The highest BCUT2D eigenvalue weighted by Crippen LogP contribution is 2.44. The number of carbonyl (C=O) groups is 2. The Morgan fingerprint density at radius 1 is 1.03 bits per heavy atom. The highest BCUT2D eigenvalue weighted by molar-refractivity contribution is 6.34. The smallest absolute Gasteiger partial charge is 0.407 e. The molecule has 9 heteroatoms. The van der Waals surface area contributed by atoms with Gasteiger partial charge in [0.05, 0.1) is 15.6 Å². The fourth-order valence-corrected chi connectivity index (χ4v) is 4.65. The van der Waals surface area contributed by atoms with E-state index >= 15 is 0 Å². The van der Waals surface area contributed by atoms with Crippen LogP contribution in [0.2, 0.25) is 5.02 Å². The maximum Gasteiger partial charge on any atom is 0.407 e. The number of nitrogens with one attached hydrogen (secondary N) is 2. The van der Waals surface area contributed by atoms with Crippen molar-refractivity contribution in [3.05, 3.63) is 93.0 Å². The van der Waals surface area contributed by atoms with Crippen molar-refractivity contribution in [2.75, 3.05) is 11.9 Å². The van der Waals surface area contributed by atoms with Gasteiger partial charge in [0.1, 0.15) is 12.6 Å². The van der Waals surface area contributed by atoms with Gasteiger partial charge >= 0.3 is 6.09 Å². The minimum atomic E-state index is -0.882. The zero-order valence-corrected chi connectivity index (χ0v) is 20.6. The van der Waals surface area contributed by atoms with Crippen LogP contribution >= 0.6 is 11.6 Å². The quantitative estimate of drug-likeness (QED) is 0.281. The number of nitrogens with zero attached hydrogens (tertiary/aromatic N) is 1. The summed E-state index contributed by atoms with van der Waals surface area (Å²) in [4.78, 5) is 36.1. The number of nitro groups is 1. The Morgan fingerprint density at radius 3 is 2.19 bits per heavy atom. The zero-order valence-electron chi connectivity index (χ0n) is 19.9. The molecule has 0 aromatic heterocycles. The van der Waals surface area contributed by atoms with Gasteiger partial charge in [0.25, 0.3) is 5.69 Å². The standard InChI is InChI=1S/C27H26ClN3O5/c1-16(2)13-25(26(32)29-24-12-11-17(31(34)35)14-23(24)28)30-27(33)36-15-22-20-9-5-3-7-18(20)19-8-4-6-10-21(19)22/h3-12,14,16,22,25H,13,15H2,1-2H3,(H,29,32)(H,30,33)/t25-/m0/s1. The van der Waals surface area contributed by atoms with Gasteiger partial charge in [-0.15, -0.1) is 0 Å². The normalized spacial score (nSPS) is 13.0. The Labute approximate surface area is 213 Å². The van der Waals surface area contributed by atoms with Crippen LogP contribution in [0.15, 0.2) is 66.7 Å². The second-order valence-electron chi connectivity index (χ2n) is 9.06. The van der Waals surface area contributed by atoms with E-state index in [1.165, 1.54) is 12.1 Å². The van der Waals surface area contributed by atoms with Crippen LogP contribution in [0.5, 0.6) is 0 Å². The molecule has 0 fully saturated rings. The summed E-state index contributed by atoms with van der Waals surface area (Å²) in [6.45, 7) is 3.99. The molecule has 36 heavy (non-hydrogen) atoms. The Balaban J connectivity index is 1.43. The summed E-state index contributed by atoms with van der Waals surface area (Å²) in [6, 6.07) is 19.0. The van der Waals surface area contributed by atoms with Crippen LogP contribution in [0.3, 0.4) is 0 Å². The monoisotopic (exact) mass is 507 g/mol. The van der Waals surface area contributed by atoms with Gasteiger partial charge in [-0.25, -0.2) is 4.79 Å². The summed E-state index contributed by atoms with van der Waals surface area (Å²) >= 11 is 6.11. The predicted octanol–water partition coefficient (Wildman–Crippen LogP) is 6.14. The molecule has 3 aromatic rings. The second kappa shape index (κ2) is 10.8. The summed E-state index contributed by atoms with van der Waals surface area (Å²) < 4.78 is 5.59. The number of hydrogen-bond acceptors (Lipinski definition) is 5. The summed E-state index contributed by atoms with van der Waals surface area (Å²) in [5.74, 6) is -0.491. The minimum absolute atomic E-state index is 0.0296. The molecule has 0 saturated heterocycles. The summed E-state index contributed by atoms with van der Waals surface area (Å²) in [7, 11) is 0. The van der Waals surface area contributed by atoms with Crippen LogP contribution in [0.4, 0.5) is 16.2 Å². The Bertz CT molecular complexity index is 1260. The molecule has 1 aliphatic carbocycles. The fourth-order valence-electron chi connectivity index (χ4n) is 4.42. The summed E-state index contributed by atoms with van der Waals surface area (Å²) in [6.07, 6.45) is -0.340. The molecule has 2 amide bonds. The van der Waals surface area contributed by atoms with Crippen LogP contribution in [-0.2, 0) is 9.53 Å². The van der Waals surface area contributed by atoms with Gasteiger partial charge in [-0.3, -0.25) is 14.9 Å². The maximum atomic E-state index is 13.0. The van der Waals surface area contributed by atoms with Crippen LogP contribution in [-0.4, -0.2) is 29.6 Å². The molecular formula is C27H26ClN3O5. The lowest BCUT2D eigenvalue weighted by molar-refractivity contribution is -0.384. The van der Waals surface area contributed by atoms with Crippen molar-refractivity contribution in [3.8, 4) is 11.1 Å². The molecular weight excluding hydrogens is 482 g/mol. The van der Waals surface area contributed by atoms with E-state index < -0.39 is 23.0 Å². The fraction of sp³-hybridized carbons (Fsp3) is 0.259.